The van der Waals surface area contributed by atoms with Gasteiger partial charge < -0.3 is 4.98 Å². The topological polar surface area (TPSA) is 59.4 Å². The first kappa shape index (κ1) is 16.8. The molecule has 0 spiro atoms. The fourth-order valence-electron chi connectivity index (χ4n) is 3.15. The smallest absolute Gasteiger partial charge is 0.196 e. The number of nitrogens with zero attached hydrogens (tertiary/aromatic N) is 4. The minimum Gasteiger partial charge on any atom is -0.341 e. The molecule has 5 aromatic rings. The van der Waals surface area contributed by atoms with Gasteiger partial charge in [0.25, 0.3) is 0 Å². The van der Waals surface area contributed by atoms with E-state index in [1.807, 2.05) is 60.7 Å². The Morgan fingerprint density at radius 2 is 1.50 bits per heavy atom. The van der Waals surface area contributed by atoms with E-state index in [1.165, 1.54) is 0 Å². The Hall–Kier alpha value is -3.38. The molecular weight excluding hydrogens is 366 g/mol. The van der Waals surface area contributed by atoms with Gasteiger partial charge in [-0.25, -0.2) is 4.98 Å². The summed E-state index contributed by atoms with van der Waals surface area (Å²) >= 11 is 1.62. The van der Waals surface area contributed by atoms with E-state index in [0.29, 0.717) is 5.75 Å². The van der Waals surface area contributed by atoms with E-state index in [0.717, 1.165) is 39.1 Å². The Morgan fingerprint density at radius 1 is 0.786 bits per heavy atom. The fraction of sp³-hybridized carbons (Fsp3) is 0.0455. The fourth-order valence-corrected chi connectivity index (χ4v) is 3.98. The molecule has 1 N–H and O–H groups in total. The van der Waals surface area contributed by atoms with Crippen LogP contribution in [-0.2, 0) is 5.75 Å². The third-order valence-electron chi connectivity index (χ3n) is 4.46. The molecule has 3 aromatic carbocycles. The van der Waals surface area contributed by atoms with Crippen LogP contribution in [0.4, 0.5) is 0 Å². The summed E-state index contributed by atoms with van der Waals surface area (Å²) in [6.45, 7) is 0. The van der Waals surface area contributed by atoms with Crippen molar-refractivity contribution in [1.82, 2.24) is 24.7 Å². The third-order valence-corrected chi connectivity index (χ3v) is 5.40. The number of H-pyrrole nitrogens is 1. The van der Waals surface area contributed by atoms with Crippen LogP contribution in [0.15, 0.2) is 90.1 Å². The molecule has 28 heavy (non-hydrogen) atoms. The lowest BCUT2D eigenvalue weighted by molar-refractivity contribution is 0.884. The van der Waals surface area contributed by atoms with Crippen LogP contribution in [0.5, 0.6) is 0 Å². The number of benzene rings is 3. The van der Waals surface area contributed by atoms with Gasteiger partial charge in [-0.2, -0.15) is 0 Å². The second kappa shape index (κ2) is 7.32. The number of thioether (sulfide) groups is 1. The van der Waals surface area contributed by atoms with Gasteiger partial charge in [-0.05, 0) is 24.3 Å². The van der Waals surface area contributed by atoms with Crippen LogP contribution in [0.2, 0.25) is 0 Å². The molecule has 0 fully saturated rings. The molecule has 6 heteroatoms. The maximum Gasteiger partial charge on any atom is 0.196 e. The molecule has 5 rings (SSSR count). The SMILES string of the molecule is c1ccc(-c2nnc(SCc3nc4ccccc4[nH]3)n2-c2ccccc2)cc1. The summed E-state index contributed by atoms with van der Waals surface area (Å²) in [5, 5.41) is 9.79. The molecule has 0 radical (unpaired) electrons. The van der Waals surface area contributed by atoms with Gasteiger partial charge in [0.2, 0.25) is 0 Å². The largest absolute Gasteiger partial charge is 0.341 e. The molecule has 0 atom stereocenters. The number of hydrogen-bond acceptors (Lipinski definition) is 4. The van der Waals surface area contributed by atoms with Crippen LogP contribution >= 0.6 is 11.8 Å². The first-order valence-electron chi connectivity index (χ1n) is 9.01. The van der Waals surface area contributed by atoms with Crippen LogP contribution in [-0.4, -0.2) is 24.7 Å². The number of fused-ring (bicyclic) bond motifs is 1. The van der Waals surface area contributed by atoms with Crippen LogP contribution in [0.1, 0.15) is 5.82 Å². The number of aromatic amines is 1. The zero-order valence-electron chi connectivity index (χ0n) is 15.0. The predicted octanol–water partition coefficient (Wildman–Crippen LogP) is 5.10. The van der Waals surface area contributed by atoms with Gasteiger partial charge >= 0.3 is 0 Å². The van der Waals surface area contributed by atoms with Gasteiger partial charge in [-0.1, -0.05) is 72.4 Å². The maximum atomic E-state index is 4.66. The van der Waals surface area contributed by atoms with Crippen molar-refractivity contribution in [3.8, 4) is 17.1 Å². The molecule has 0 bridgehead atoms. The van der Waals surface area contributed by atoms with Gasteiger partial charge in [-0.15, -0.1) is 10.2 Å². The number of aromatic nitrogens is 5. The number of para-hydroxylation sites is 3. The predicted molar refractivity (Wildman–Crippen MR) is 112 cm³/mol. The van der Waals surface area contributed by atoms with E-state index in [9.17, 15) is 0 Å². The normalized spacial score (nSPS) is 11.1. The molecule has 0 saturated heterocycles. The van der Waals surface area contributed by atoms with Gasteiger partial charge in [0.1, 0.15) is 5.82 Å². The van der Waals surface area contributed by atoms with E-state index in [-0.39, 0.29) is 0 Å². The van der Waals surface area contributed by atoms with Gasteiger partial charge in [0.15, 0.2) is 11.0 Å². The minimum atomic E-state index is 0.689. The van der Waals surface area contributed by atoms with E-state index >= 15 is 0 Å². The lowest BCUT2D eigenvalue weighted by atomic mass is 10.2. The molecular formula is C22H17N5S. The summed E-state index contributed by atoms with van der Waals surface area (Å²) in [5.74, 6) is 2.45. The summed E-state index contributed by atoms with van der Waals surface area (Å²) in [4.78, 5) is 8.04. The summed E-state index contributed by atoms with van der Waals surface area (Å²) in [7, 11) is 0. The second-order valence-electron chi connectivity index (χ2n) is 6.33. The molecule has 0 aliphatic rings. The summed E-state index contributed by atoms with van der Waals surface area (Å²) in [6, 6.07) is 28.4. The third kappa shape index (κ3) is 3.18. The zero-order chi connectivity index (χ0) is 18.8. The van der Waals surface area contributed by atoms with Crippen molar-refractivity contribution in [1.29, 1.82) is 0 Å². The minimum absolute atomic E-state index is 0.689. The molecule has 136 valence electrons. The van der Waals surface area contributed by atoms with E-state index < -0.39 is 0 Å². The van der Waals surface area contributed by atoms with Crippen molar-refractivity contribution in [2.75, 3.05) is 0 Å². The number of nitrogens with one attached hydrogen (secondary N) is 1. The highest BCUT2D eigenvalue weighted by Gasteiger charge is 2.16. The highest BCUT2D eigenvalue weighted by atomic mass is 32.2. The Balaban J connectivity index is 1.51. The van der Waals surface area contributed by atoms with Crippen molar-refractivity contribution >= 4 is 22.8 Å². The van der Waals surface area contributed by atoms with Crippen molar-refractivity contribution < 1.29 is 0 Å². The van der Waals surface area contributed by atoms with E-state index in [1.54, 1.807) is 11.8 Å². The average Bonchev–Trinajstić information content (AvgIpc) is 3.37. The monoisotopic (exact) mass is 383 g/mol. The molecule has 2 heterocycles. The van der Waals surface area contributed by atoms with Gasteiger partial charge in [-0.3, -0.25) is 4.57 Å². The molecule has 0 amide bonds. The number of hydrogen-bond donors (Lipinski definition) is 1. The molecule has 0 aliphatic carbocycles. The van der Waals surface area contributed by atoms with E-state index in [4.69, 9.17) is 0 Å². The van der Waals surface area contributed by atoms with Crippen LogP contribution < -0.4 is 0 Å². The standard InChI is InChI=1S/C22H17N5S/c1-3-9-16(10-4-1)21-25-26-22(27(21)17-11-5-2-6-12-17)28-15-20-23-18-13-7-8-14-19(18)24-20/h1-14H,15H2,(H,23,24). The Bertz CT molecular complexity index is 1180. The summed E-state index contributed by atoms with van der Waals surface area (Å²) in [6.07, 6.45) is 0. The Morgan fingerprint density at radius 3 is 2.29 bits per heavy atom. The molecule has 0 saturated carbocycles. The molecule has 5 nitrogen and oxygen atoms in total. The van der Waals surface area contributed by atoms with Crippen molar-refractivity contribution in [2.45, 2.75) is 10.9 Å². The average molecular weight is 383 g/mol. The molecule has 2 aromatic heterocycles. The van der Waals surface area contributed by atoms with Crippen LogP contribution in [0.3, 0.4) is 0 Å². The van der Waals surface area contributed by atoms with Gasteiger partial charge in [0.05, 0.1) is 16.8 Å². The van der Waals surface area contributed by atoms with Gasteiger partial charge in [0, 0.05) is 11.3 Å². The zero-order valence-corrected chi connectivity index (χ0v) is 15.8. The van der Waals surface area contributed by atoms with E-state index in [2.05, 4.69) is 49.0 Å². The summed E-state index contributed by atoms with van der Waals surface area (Å²) in [5.41, 5.74) is 4.10. The van der Waals surface area contributed by atoms with Crippen LogP contribution in [0, 0.1) is 0 Å². The number of imidazole rings is 1. The molecule has 0 unspecified atom stereocenters. The second-order valence-corrected chi connectivity index (χ2v) is 7.27. The quantitative estimate of drug-likeness (QED) is 0.429. The first-order chi connectivity index (χ1) is 13.9. The first-order valence-corrected chi connectivity index (χ1v) is 10.00. The van der Waals surface area contributed by atoms with Crippen LogP contribution in [0.25, 0.3) is 28.1 Å². The van der Waals surface area contributed by atoms with Crippen molar-refractivity contribution in [3.63, 3.8) is 0 Å². The maximum absolute atomic E-state index is 4.66. The molecule has 0 aliphatic heterocycles. The lowest BCUT2D eigenvalue weighted by Crippen LogP contribution is -1.99. The van der Waals surface area contributed by atoms with Crippen molar-refractivity contribution in [3.05, 3.63) is 90.8 Å². The lowest BCUT2D eigenvalue weighted by Gasteiger charge is -2.09. The highest BCUT2D eigenvalue weighted by Crippen LogP contribution is 2.29. The van der Waals surface area contributed by atoms with Crippen molar-refractivity contribution in [2.24, 2.45) is 0 Å². The summed E-state index contributed by atoms with van der Waals surface area (Å²) < 4.78 is 2.10. The Kier molecular flexibility index (Phi) is 4.39. The Labute approximate surface area is 166 Å². The highest BCUT2D eigenvalue weighted by molar-refractivity contribution is 7.98. The number of rotatable bonds is 5.